The van der Waals surface area contributed by atoms with E-state index in [1.807, 2.05) is 0 Å². The molecule has 4 unspecified atom stereocenters. The summed E-state index contributed by atoms with van der Waals surface area (Å²) in [5.74, 6) is -8.82. The number of carbonyl (C=O) groups excluding carboxylic acids is 4. The van der Waals surface area contributed by atoms with E-state index in [9.17, 15) is 39.6 Å². The maximum atomic E-state index is 14.1. The first-order valence-electron chi connectivity index (χ1n) is 12.2. The largest absolute Gasteiger partial charge is 0.507 e. The van der Waals surface area contributed by atoms with Gasteiger partial charge in [0.25, 0.3) is 0 Å². The van der Waals surface area contributed by atoms with E-state index in [1.54, 1.807) is 39.8 Å². The van der Waals surface area contributed by atoms with Crippen molar-refractivity contribution >= 4 is 23.1 Å². The minimum absolute atomic E-state index is 0.0758. The monoisotopic (exact) mass is 514 g/mol. The highest BCUT2D eigenvalue weighted by atomic mass is 16.3. The zero-order valence-corrected chi connectivity index (χ0v) is 21.2. The topological polar surface area (TPSA) is 149 Å². The number of fused-ring (bicyclic) bond motifs is 4. The number of hydrogen-bond acceptors (Lipinski definition) is 8. The molecule has 0 spiro atoms. The first-order valence-corrected chi connectivity index (χ1v) is 12.2. The number of aromatic hydroxyl groups is 4. The van der Waals surface area contributed by atoms with Gasteiger partial charge < -0.3 is 20.4 Å². The Bertz CT molecular complexity index is 1460. The summed E-state index contributed by atoms with van der Waals surface area (Å²) in [4.78, 5) is 53.7. The maximum absolute atomic E-state index is 14.1. The van der Waals surface area contributed by atoms with Gasteiger partial charge in [-0.05, 0) is 52.0 Å². The van der Waals surface area contributed by atoms with E-state index in [2.05, 4.69) is 0 Å². The molecule has 0 bridgehead atoms. The molecule has 8 nitrogen and oxygen atoms in total. The fourth-order valence-electron chi connectivity index (χ4n) is 6.20. The van der Waals surface area contributed by atoms with Crippen LogP contribution >= 0.6 is 0 Å². The zero-order valence-electron chi connectivity index (χ0n) is 21.2. The Hall–Kier alpha value is -4.46. The molecule has 2 aromatic rings. The Morgan fingerprint density at radius 2 is 0.947 bits per heavy atom. The van der Waals surface area contributed by atoms with E-state index in [4.69, 9.17) is 0 Å². The summed E-state index contributed by atoms with van der Waals surface area (Å²) in [5.41, 5.74) is 0.281. The van der Waals surface area contributed by atoms with Gasteiger partial charge in [0.05, 0.1) is 22.3 Å². The molecule has 0 radical (unpaired) electrons. The summed E-state index contributed by atoms with van der Waals surface area (Å²) < 4.78 is 0. The third-order valence-corrected chi connectivity index (χ3v) is 7.52. The number of carbonyl (C=O) groups is 4. The highest BCUT2D eigenvalue weighted by molar-refractivity contribution is 6.25. The molecule has 0 amide bonds. The van der Waals surface area contributed by atoms with Gasteiger partial charge in [-0.1, -0.05) is 23.3 Å². The predicted molar refractivity (Wildman–Crippen MR) is 137 cm³/mol. The summed E-state index contributed by atoms with van der Waals surface area (Å²) in [6, 6.07) is 2.27. The molecule has 2 aromatic carbocycles. The second-order valence-electron chi connectivity index (χ2n) is 10.5. The third kappa shape index (κ3) is 3.36. The molecule has 0 saturated heterocycles. The lowest BCUT2D eigenvalue weighted by molar-refractivity contribution is 0.0678. The Balaban J connectivity index is 1.95. The van der Waals surface area contributed by atoms with Crippen LogP contribution in [-0.4, -0.2) is 43.6 Å². The quantitative estimate of drug-likeness (QED) is 0.328. The van der Waals surface area contributed by atoms with E-state index < -0.39 is 69.8 Å². The fourth-order valence-corrected chi connectivity index (χ4v) is 6.20. The van der Waals surface area contributed by atoms with Crippen molar-refractivity contribution in [2.24, 2.45) is 11.8 Å². The normalized spacial score (nSPS) is 23.3. The lowest BCUT2D eigenvalue weighted by Gasteiger charge is -2.45. The van der Waals surface area contributed by atoms with Crippen LogP contribution in [-0.2, 0) is 0 Å². The Kier molecular flexibility index (Phi) is 5.67. The van der Waals surface area contributed by atoms with Crippen LogP contribution in [0.15, 0.2) is 47.6 Å². The predicted octanol–water partition coefficient (Wildman–Crippen LogP) is 4.87. The van der Waals surface area contributed by atoms with Gasteiger partial charge in [-0.2, -0.15) is 0 Å². The average Bonchev–Trinajstić information content (AvgIpc) is 2.83. The average molecular weight is 515 g/mol. The second kappa shape index (κ2) is 8.55. The molecule has 0 fully saturated rings. The lowest BCUT2D eigenvalue weighted by atomic mass is 9.55. The van der Waals surface area contributed by atoms with Crippen LogP contribution in [0.2, 0.25) is 0 Å². The van der Waals surface area contributed by atoms with Gasteiger partial charge in [0, 0.05) is 34.8 Å². The van der Waals surface area contributed by atoms with E-state index in [0.29, 0.717) is 0 Å². The van der Waals surface area contributed by atoms with Gasteiger partial charge in [0.1, 0.15) is 23.0 Å². The molecule has 0 saturated carbocycles. The molecule has 0 aliphatic heterocycles. The zero-order chi connectivity index (χ0) is 27.8. The van der Waals surface area contributed by atoms with Crippen molar-refractivity contribution in [1.29, 1.82) is 0 Å². The van der Waals surface area contributed by atoms with Gasteiger partial charge in [0.15, 0.2) is 23.1 Å². The summed E-state index contributed by atoms with van der Waals surface area (Å²) >= 11 is 0. The van der Waals surface area contributed by atoms with Crippen LogP contribution in [0, 0.1) is 11.8 Å². The van der Waals surface area contributed by atoms with Crippen molar-refractivity contribution < 1.29 is 39.6 Å². The molecule has 194 valence electrons. The standard InChI is InChI=1S/C30H26O8/c1-11(2)9-13-19-21(29(37)25-17(33)7-5-15(31)23(25)27(19)35)14(10-12(3)4)22-20(13)28(36)24-16(32)6-8-18(34)26(24)30(22)38/h5-10,13-14,19,21,31,33,36,38H,1-4H3. The van der Waals surface area contributed by atoms with E-state index in [0.717, 1.165) is 35.4 Å². The van der Waals surface area contributed by atoms with Crippen LogP contribution < -0.4 is 0 Å². The lowest BCUT2D eigenvalue weighted by Crippen LogP contribution is -2.46. The van der Waals surface area contributed by atoms with Gasteiger partial charge in [-0.25, -0.2) is 0 Å². The molecule has 5 rings (SSSR count). The van der Waals surface area contributed by atoms with Gasteiger partial charge in [0.2, 0.25) is 0 Å². The number of allylic oxidation sites excluding steroid dienone is 6. The van der Waals surface area contributed by atoms with Gasteiger partial charge in [-0.3, -0.25) is 19.2 Å². The highest BCUT2D eigenvalue weighted by Crippen LogP contribution is 2.60. The summed E-state index contributed by atoms with van der Waals surface area (Å²) in [6.07, 6.45) is 5.36. The van der Waals surface area contributed by atoms with Crippen molar-refractivity contribution in [2.75, 3.05) is 0 Å². The number of phenols is 4. The van der Waals surface area contributed by atoms with Crippen molar-refractivity contribution in [2.45, 2.75) is 39.5 Å². The molecule has 0 aromatic heterocycles. The molecular weight excluding hydrogens is 488 g/mol. The van der Waals surface area contributed by atoms with E-state index >= 15 is 0 Å². The summed E-state index contributed by atoms with van der Waals surface area (Å²) in [5, 5.41) is 44.2. The number of phenolic OH excluding ortho intramolecular Hbond substituents is 4. The summed E-state index contributed by atoms with van der Waals surface area (Å²) in [6.45, 7) is 7.04. The molecule has 3 aliphatic rings. The van der Waals surface area contributed by atoms with Crippen molar-refractivity contribution in [3.05, 3.63) is 81.0 Å². The Morgan fingerprint density at radius 3 is 1.26 bits per heavy atom. The first kappa shape index (κ1) is 25.2. The van der Waals surface area contributed by atoms with Crippen LogP contribution in [0.5, 0.6) is 23.0 Å². The Labute approximate surface area is 218 Å². The fraction of sp³-hybridized carbons (Fsp3) is 0.267. The molecule has 4 atom stereocenters. The Morgan fingerprint density at radius 1 is 0.605 bits per heavy atom. The molecule has 0 heterocycles. The minimum atomic E-state index is -1.14. The maximum Gasteiger partial charge on any atom is 0.190 e. The number of Topliss-reactive ketones (excluding diaryl/α,β-unsaturated/α-hetero) is 2. The van der Waals surface area contributed by atoms with Crippen molar-refractivity contribution in [3.63, 3.8) is 0 Å². The van der Waals surface area contributed by atoms with Crippen molar-refractivity contribution in [1.82, 2.24) is 0 Å². The molecule has 8 heteroatoms. The van der Waals surface area contributed by atoms with Gasteiger partial charge in [-0.15, -0.1) is 0 Å². The van der Waals surface area contributed by atoms with E-state index in [-0.39, 0.29) is 33.4 Å². The molecule has 38 heavy (non-hydrogen) atoms. The number of ketones is 4. The van der Waals surface area contributed by atoms with E-state index in [1.165, 1.54) is 0 Å². The third-order valence-electron chi connectivity index (χ3n) is 7.52. The molecule has 3 aliphatic carbocycles. The molecular formula is C30H26O8. The number of hydrogen-bond donors (Lipinski definition) is 4. The van der Waals surface area contributed by atoms with Crippen LogP contribution in [0.1, 0.15) is 92.1 Å². The first-order chi connectivity index (χ1) is 17.9. The number of benzene rings is 2. The smallest absolute Gasteiger partial charge is 0.190 e. The van der Waals surface area contributed by atoms with Crippen LogP contribution in [0.4, 0.5) is 0 Å². The van der Waals surface area contributed by atoms with Crippen molar-refractivity contribution in [3.8, 4) is 23.0 Å². The van der Waals surface area contributed by atoms with Crippen LogP contribution in [0.3, 0.4) is 0 Å². The van der Waals surface area contributed by atoms with Gasteiger partial charge >= 0.3 is 0 Å². The molecule has 4 N–H and O–H groups in total. The second-order valence-corrected chi connectivity index (χ2v) is 10.5. The minimum Gasteiger partial charge on any atom is -0.507 e. The highest BCUT2D eigenvalue weighted by Gasteiger charge is 2.56. The SMILES string of the molecule is CC(C)=CC1c2c(O)c3c(c(O)c2C(C=C(C)C)C2C(=O)c4c(O)ccc(O)c4C(=O)C12)C(=O)C=CC3=O. The van der Waals surface area contributed by atoms with Crippen LogP contribution in [0.25, 0.3) is 0 Å². The summed E-state index contributed by atoms with van der Waals surface area (Å²) in [7, 11) is 0. The number of rotatable bonds is 2.